The number of likely N-dealkylation sites (N-methyl/N-ethyl adjacent to an activating group) is 1. The number of nitrogens with two attached hydrogens (primary N) is 1. The Morgan fingerprint density at radius 3 is 2.81 bits per heavy atom. The summed E-state index contributed by atoms with van der Waals surface area (Å²) < 4.78 is 13.1. The molecule has 2 aromatic rings. The van der Waals surface area contributed by atoms with Crippen LogP contribution in [-0.4, -0.2) is 42.2 Å². The average Bonchev–Trinajstić information content (AvgIpc) is 2.62. The second-order valence-electron chi connectivity index (χ2n) is 7.69. The Kier molecular flexibility index (Phi) is 4.47. The lowest BCUT2D eigenvalue weighted by Crippen LogP contribution is -2.70. The summed E-state index contributed by atoms with van der Waals surface area (Å²) in [5.74, 6) is 0.0680. The van der Waals surface area contributed by atoms with Crippen LogP contribution in [0.15, 0.2) is 42.5 Å². The van der Waals surface area contributed by atoms with Crippen molar-refractivity contribution in [2.45, 2.75) is 36.9 Å². The van der Waals surface area contributed by atoms with E-state index in [0.29, 0.717) is 6.04 Å². The van der Waals surface area contributed by atoms with Crippen molar-refractivity contribution in [1.29, 1.82) is 0 Å². The van der Waals surface area contributed by atoms with Gasteiger partial charge < -0.3 is 21.1 Å². The third kappa shape index (κ3) is 3.00. The van der Waals surface area contributed by atoms with Crippen LogP contribution in [0.1, 0.15) is 23.1 Å². The predicted molar refractivity (Wildman–Crippen MR) is 101 cm³/mol. The zero-order chi connectivity index (χ0) is 18.3. The maximum absolute atomic E-state index is 13.1. The molecule has 0 spiro atoms. The molecule has 0 saturated carbocycles. The fourth-order valence-corrected chi connectivity index (χ4v) is 4.60. The smallest absolute Gasteiger partial charge is 0.123 e. The van der Waals surface area contributed by atoms with E-state index in [2.05, 4.69) is 17.3 Å². The number of phenolic OH excluding ortho intramolecular Hbond substituents is 1. The van der Waals surface area contributed by atoms with E-state index in [1.54, 1.807) is 6.07 Å². The minimum Gasteiger partial charge on any atom is -0.508 e. The summed E-state index contributed by atoms with van der Waals surface area (Å²) in [6.45, 7) is 1.74. The van der Waals surface area contributed by atoms with Crippen molar-refractivity contribution in [2.75, 3.05) is 20.1 Å². The summed E-state index contributed by atoms with van der Waals surface area (Å²) in [7, 11) is 2.16. The molecule has 4 rings (SSSR count). The first kappa shape index (κ1) is 17.5. The summed E-state index contributed by atoms with van der Waals surface area (Å²) in [6, 6.07) is 12.7. The molecule has 4 nitrogen and oxygen atoms in total. The predicted octanol–water partition coefficient (Wildman–Crippen LogP) is 2.15. The molecule has 26 heavy (non-hydrogen) atoms. The van der Waals surface area contributed by atoms with Gasteiger partial charge in [0.1, 0.15) is 11.6 Å². The zero-order valence-corrected chi connectivity index (χ0v) is 15.1. The number of phenols is 1. The second-order valence-corrected chi connectivity index (χ2v) is 7.69. The van der Waals surface area contributed by atoms with Gasteiger partial charge in [0.2, 0.25) is 0 Å². The molecule has 5 heteroatoms. The van der Waals surface area contributed by atoms with Crippen molar-refractivity contribution in [1.82, 2.24) is 10.2 Å². The van der Waals surface area contributed by atoms with Crippen LogP contribution in [0.5, 0.6) is 5.75 Å². The van der Waals surface area contributed by atoms with Crippen LogP contribution >= 0.6 is 0 Å². The van der Waals surface area contributed by atoms with Crippen molar-refractivity contribution in [3.63, 3.8) is 0 Å². The Morgan fingerprint density at radius 2 is 2.04 bits per heavy atom. The Hall–Kier alpha value is -1.95. The van der Waals surface area contributed by atoms with Crippen LogP contribution in [0.4, 0.5) is 4.39 Å². The lowest BCUT2D eigenvalue weighted by atomic mass is 9.66. The first-order chi connectivity index (χ1) is 12.5. The van der Waals surface area contributed by atoms with Crippen LogP contribution in [0.3, 0.4) is 0 Å². The molecule has 3 unspecified atom stereocenters. The number of piperidine rings is 1. The zero-order valence-electron chi connectivity index (χ0n) is 15.1. The summed E-state index contributed by atoms with van der Waals surface area (Å²) >= 11 is 0. The van der Waals surface area contributed by atoms with E-state index in [-0.39, 0.29) is 17.6 Å². The SMILES string of the molecule is CN1CCC2(N)c3cc(O)ccc3CC1C2NCCc1ccc(F)cc1. The molecule has 3 atom stereocenters. The number of nitrogens with one attached hydrogen (secondary N) is 1. The molecule has 1 aliphatic carbocycles. The molecule has 0 amide bonds. The van der Waals surface area contributed by atoms with Gasteiger partial charge in [-0.2, -0.15) is 0 Å². The normalized spacial score (nSPS) is 28.0. The molecule has 2 bridgehead atoms. The fourth-order valence-electron chi connectivity index (χ4n) is 4.60. The Bertz CT molecular complexity index is 794. The topological polar surface area (TPSA) is 61.5 Å². The largest absolute Gasteiger partial charge is 0.508 e. The molecule has 1 fully saturated rings. The standard InChI is InChI=1S/C21H26FN3O/c1-25-11-9-21(23)18-13-17(26)7-4-15(18)12-19(25)20(21)24-10-8-14-2-5-16(22)6-3-14/h2-7,13,19-20,24,26H,8-12,23H2,1H3. The summed E-state index contributed by atoms with van der Waals surface area (Å²) in [5, 5.41) is 13.6. The van der Waals surface area contributed by atoms with Gasteiger partial charge in [0.25, 0.3) is 0 Å². The minimum absolute atomic E-state index is 0.121. The number of benzene rings is 2. The van der Waals surface area contributed by atoms with E-state index in [9.17, 15) is 9.50 Å². The Morgan fingerprint density at radius 1 is 1.27 bits per heavy atom. The molecular formula is C21H26FN3O. The molecule has 0 radical (unpaired) electrons. The summed E-state index contributed by atoms with van der Waals surface area (Å²) in [5.41, 5.74) is 9.87. The number of aromatic hydroxyl groups is 1. The highest BCUT2D eigenvalue weighted by molar-refractivity contribution is 5.45. The van der Waals surface area contributed by atoms with Gasteiger partial charge in [0, 0.05) is 18.6 Å². The number of halogens is 1. The monoisotopic (exact) mass is 355 g/mol. The van der Waals surface area contributed by atoms with Gasteiger partial charge in [-0.05, 0) is 73.8 Å². The molecule has 1 saturated heterocycles. The minimum atomic E-state index is -0.480. The molecular weight excluding hydrogens is 329 g/mol. The molecule has 138 valence electrons. The van der Waals surface area contributed by atoms with Gasteiger partial charge in [-0.1, -0.05) is 18.2 Å². The molecule has 1 aliphatic heterocycles. The van der Waals surface area contributed by atoms with Gasteiger partial charge in [0.15, 0.2) is 0 Å². The van der Waals surface area contributed by atoms with Crippen molar-refractivity contribution < 1.29 is 9.50 Å². The Balaban J connectivity index is 1.55. The molecule has 2 aromatic carbocycles. The summed E-state index contributed by atoms with van der Waals surface area (Å²) in [4.78, 5) is 2.39. The summed E-state index contributed by atoms with van der Waals surface area (Å²) in [6.07, 6.45) is 2.61. The van der Waals surface area contributed by atoms with Crippen LogP contribution < -0.4 is 11.1 Å². The van der Waals surface area contributed by atoms with E-state index < -0.39 is 5.54 Å². The van der Waals surface area contributed by atoms with E-state index in [4.69, 9.17) is 5.73 Å². The third-order valence-electron chi connectivity index (χ3n) is 6.10. The van der Waals surface area contributed by atoms with Crippen LogP contribution in [0.2, 0.25) is 0 Å². The van der Waals surface area contributed by atoms with E-state index >= 15 is 0 Å². The lowest BCUT2D eigenvalue weighted by molar-refractivity contribution is 0.0600. The number of hydrogen-bond acceptors (Lipinski definition) is 4. The van der Waals surface area contributed by atoms with Gasteiger partial charge in [-0.3, -0.25) is 0 Å². The van der Waals surface area contributed by atoms with E-state index in [1.165, 1.54) is 17.7 Å². The van der Waals surface area contributed by atoms with Gasteiger partial charge in [0.05, 0.1) is 5.54 Å². The van der Waals surface area contributed by atoms with Gasteiger partial charge >= 0.3 is 0 Å². The van der Waals surface area contributed by atoms with Crippen LogP contribution in [0.25, 0.3) is 0 Å². The third-order valence-corrected chi connectivity index (χ3v) is 6.10. The second kappa shape index (κ2) is 6.65. The maximum Gasteiger partial charge on any atom is 0.123 e. The van der Waals surface area contributed by atoms with Crippen molar-refractivity contribution in [3.05, 3.63) is 65.0 Å². The lowest BCUT2D eigenvalue weighted by Gasteiger charge is -2.54. The van der Waals surface area contributed by atoms with Crippen molar-refractivity contribution >= 4 is 0 Å². The van der Waals surface area contributed by atoms with E-state index in [0.717, 1.165) is 43.5 Å². The molecule has 4 N–H and O–H groups in total. The number of rotatable bonds is 4. The Labute approximate surface area is 153 Å². The highest BCUT2D eigenvalue weighted by atomic mass is 19.1. The highest BCUT2D eigenvalue weighted by Gasteiger charge is 2.50. The highest BCUT2D eigenvalue weighted by Crippen LogP contribution is 2.42. The van der Waals surface area contributed by atoms with E-state index in [1.807, 2.05) is 24.3 Å². The molecule has 1 heterocycles. The maximum atomic E-state index is 13.1. The quantitative estimate of drug-likeness (QED) is 0.786. The number of fused-ring (bicyclic) bond motifs is 4. The van der Waals surface area contributed by atoms with Crippen LogP contribution in [-0.2, 0) is 18.4 Å². The average molecular weight is 355 g/mol. The van der Waals surface area contributed by atoms with Crippen molar-refractivity contribution in [2.24, 2.45) is 5.73 Å². The number of nitrogens with zero attached hydrogens (tertiary/aromatic N) is 1. The fraction of sp³-hybridized carbons (Fsp3) is 0.429. The molecule has 2 aliphatic rings. The first-order valence-corrected chi connectivity index (χ1v) is 9.27. The number of hydrogen-bond donors (Lipinski definition) is 3. The molecule has 0 aromatic heterocycles. The first-order valence-electron chi connectivity index (χ1n) is 9.27. The van der Waals surface area contributed by atoms with Gasteiger partial charge in [-0.25, -0.2) is 4.39 Å². The van der Waals surface area contributed by atoms with Crippen molar-refractivity contribution in [3.8, 4) is 5.75 Å². The van der Waals surface area contributed by atoms with Crippen LogP contribution in [0, 0.1) is 5.82 Å². The van der Waals surface area contributed by atoms with Gasteiger partial charge in [-0.15, -0.1) is 0 Å². The number of likely N-dealkylation sites (tertiary alicyclic amines) is 1.